The molecule has 0 aliphatic heterocycles. The van der Waals surface area contributed by atoms with E-state index in [1.807, 2.05) is 48.1 Å². The predicted molar refractivity (Wildman–Crippen MR) is 96.1 cm³/mol. The van der Waals surface area contributed by atoms with Crippen LogP contribution >= 0.6 is 0 Å². The second-order valence-corrected chi connectivity index (χ2v) is 6.24. The molecule has 2 aliphatic carbocycles. The number of rotatable bonds is 0. The number of hydrogen-bond acceptors (Lipinski definition) is 2. The fourth-order valence-corrected chi connectivity index (χ4v) is 3.61. The van der Waals surface area contributed by atoms with Gasteiger partial charge in [-0.2, -0.15) is 0 Å². The quantitative estimate of drug-likeness (QED) is 0.744. The van der Waals surface area contributed by atoms with Crippen LogP contribution in [0.2, 0.25) is 0 Å². The summed E-state index contributed by atoms with van der Waals surface area (Å²) in [6, 6.07) is 0. The average Bonchev–Trinajstić information content (AvgIpc) is 2.74. The molecule has 5 nitrogen and oxygen atoms in total. The van der Waals surface area contributed by atoms with E-state index in [0.717, 1.165) is 27.0 Å². The Morgan fingerprint density at radius 1 is 1.04 bits per heavy atom. The molecule has 0 saturated heterocycles. The van der Waals surface area contributed by atoms with Crippen molar-refractivity contribution in [3.8, 4) is 0 Å². The standard InChI is InChI=1S/C19H19N3O2/c1-20-14-10-6-8-12-7-4-5-9-13(11-12)15(14)16-17(20)21(2)19(24)22(3)18(16)23/h4-9H,10-11H2,1-3H3/b8-6-/i10D. The van der Waals surface area contributed by atoms with Gasteiger partial charge in [-0.05, 0) is 17.6 Å². The summed E-state index contributed by atoms with van der Waals surface area (Å²) < 4.78 is 13.0. The van der Waals surface area contributed by atoms with E-state index >= 15 is 0 Å². The van der Waals surface area contributed by atoms with E-state index < -0.39 is 6.40 Å². The Morgan fingerprint density at radius 3 is 2.58 bits per heavy atom. The van der Waals surface area contributed by atoms with Crippen molar-refractivity contribution in [2.24, 2.45) is 21.1 Å². The predicted octanol–water partition coefficient (Wildman–Crippen LogP) is 1.96. The molecule has 0 saturated carbocycles. The normalized spacial score (nSPS) is 21.3. The maximum Gasteiger partial charge on any atom is 0.332 e. The summed E-state index contributed by atoms with van der Waals surface area (Å²) in [5.41, 5.74) is 3.51. The lowest BCUT2D eigenvalue weighted by Gasteiger charge is -2.13. The minimum absolute atomic E-state index is 0.314. The molecule has 0 radical (unpaired) electrons. The summed E-state index contributed by atoms with van der Waals surface area (Å²) in [4.78, 5) is 25.3. The van der Waals surface area contributed by atoms with Crippen LogP contribution in [0.15, 0.2) is 51.6 Å². The summed E-state index contributed by atoms with van der Waals surface area (Å²) in [5, 5.41) is 0.510. The van der Waals surface area contributed by atoms with Gasteiger partial charge in [-0.3, -0.25) is 13.9 Å². The summed E-state index contributed by atoms with van der Waals surface area (Å²) >= 11 is 0. The van der Waals surface area contributed by atoms with Gasteiger partial charge in [-0.1, -0.05) is 36.5 Å². The molecule has 0 fully saturated rings. The van der Waals surface area contributed by atoms with Crippen molar-refractivity contribution in [2.45, 2.75) is 12.8 Å². The Morgan fingerprint density at radius 2 is 1.79 bits per heavy atom. The third-order valence-electron chi connectivity index (χ3n) is 4.82. The first-order valence-electron chi connectivity index (χ1n) is 8.45. The Labute approximate surface area is 140 Å². The number of aromatic nitrogens is 3. The first-order valence-corrected chi connectivity index (χ1v) is 7.87. The molecular weight excluding hydrogens is 302 g/mol. The topological polar surface area (TPSA) is 48.9 Å². The van der Waals surface area contributed by atoms with Gasteiger partial charge in [0.25, 0.3) is 5.56 Å². The highest BCUT2D eigenvalue weighted by Gasteiger charge is 2.25. The highest BCUT2D eigenvalue weighted by Crippen LogP contribution is 2.35. The Bertz CT molecular complexity index is 1150. The average molecular weight is 322 g/mol. The lowest BCUT2D eigenvalue weighted by atomic mass is 9.93. The lowest BCUT2D eigenvalue weighted by molar-refractivity contribution is 0.695. The fourth-order valence-electron chi connectivity index (χ4n) is 3.61. The Hall–Kier alpha value is -2.82. The molecule has 2 aliphatic rings. The number of fused-ring (bicyclic) bond motifs is 6. The van der Waals surface area contributed by atoms with E-state index in [4.69, 9.17) is 1.37 Å². The van der Waals surface area contributed by atoms with Crippen molar-refractivity contribution in [1.82, 2.24) is 13.7 Å². The van der Waals surface area contributed by atoms with Crippen LogP contribution in [0.1, 0.15) is 19.0 Å². The molecule has 122 valence electrons. The van der Waals surface area contributed by atoms with E-state index in [-0.39, 0.29) is 11.2 Å². The first kappa shape index (κ1) is 13.6. The summed E-state index contributed by atoms with van der Waals surface area (Å²) in [6.45, 7) is 0. The van der Waals surface area contributed by atoms with Crippen LogP contribution in [0, 0.1) is 0 Å². The second kappa shape index (κ2) is 5.09. The van der Waals surface area contributed by atoms with Gasteiger partial charge in [0.2, 0.25) is 0 Å². The van der Waals surface area contributed by atoms with E-state index in [1.165, 1.54) is 11.6 Å². The largest absolute Gasteiger partial charge is 0.333 e. The molecule has 0 aromatic carbocycles. The third kappa shape index (κ3) is 1.87. The van der Waals surface area contributed by atoms with Crippen LogP contribution in [0.4, 0.5) is 0 Å². The van der Waals surface area contributed by atoms with Crippen molar-refractivity contribution in [3.63, 3.8) is 0 Å². The number of nitrogens with zero attached hydrogens (tertiary/aromatic N) is 3. The van der Waals surface area contributed by atoms with Crippen molar-refractivity contribution in [3.05, 3.63) is 74.1 Å². The summed E-state index contributed by atoms with van der Waals surface area (Å²) in [5.74, 6) is 0. The molecule has 0 amide bonds. The zero-order valence-corrected chi connectivity index (χ0v) is 13.9. The first-order chi connectivity index (χ1) is 11.9. The van der Waals surface area contributed by atoms with Crippen molar-refractivity contribution in [1.29, 1.82) is 0 Å². The van der Waals surface area contributed by atoms with Gasteiger partial charge < -0.3 is 4.57 Å². The van der Waals surface area contributed by atoms with Gasteiger partial charge in [0, 0.05) is 40.2 Å². The van der Waals surface area contributed by atoms with Gasteiger partial charge in [0.1, 0.15) is 5.65 Å². The van der Waals surface area contributed by atoms with E-state index in [9.17, 15) is 9.59 Å². The molecule has 24 heavy (non-hydrogen) atoms. The Balaban J connectivity index is 2.27. The van der Waals surface area contributed by atoms with Crippen molar-refractivity contribution >= 4 is 16.6 Å². The second-order valence-electron chi connectivity index (χ2n) is 6.24. The monoisotopic (exact) mass is 322 g/mol. The van der Waals surface area contributed by atoms with Gasteiger partial charge in [0.05, 0.1) is 5.39 Å². The van der Waals surface area contributed by atoms with Crippen LogP contribution in [0.3, 0.4) is 0 Å². The zero-order valence-electron chi connectivity index (χ0n) is 14.9. The fraction of sp³-hybridized carbons (Fsp3) is 0.263. The van der Waals surface area contributed by atoms with Gasteiger partial charge >= 0.3 is 5.69 Å². The Kier molecular flexibility index (Phi) is 2.89. The van der Waals surface area contributed by atoms with E-state index in [0.29, 0.717) is 17.5 Å². The molecule has 1 atom stereocenters. The number of aryl methyl sites for hydroxylation is 2. The van der Waals surface area contributed by atoms with Gasteiger partial charge in [0.15, 0.2) is 0 Å². The summed E-state index contributed by atoms with van der Waals surface area (Å²) in [6.07, 6.45) is 11.8. The highest BCUT2D eigenvalue weighted by molar-refractivity contribution is 5.94. The van der Waals surface area contributed by atoms with Gasteiger partial charge in [-0.15, -0.1) is 0 Å². The smallest absolute Gasteiger partial charge is 0.332 e. The maximum atomic E-state index is 12.9. The molecule has 2 bridgehead atoms. The van der Waals surface area contributed by atoms with Crippen molar-refractivity contribution in [2.75, 3.05) is 0 Å². The molecule has 0 spiro atoms. The van der Waals surface area contributed by atoms with Crippen LogP contribution in [-0.2, 0) is 27.5 Å². The third-order valence-corrected chi connectivity index (χ3v) is 4.82. The molecule has 2 heterocycles. The number of hydrogen-bond donors (Lipinski definition) is 0. The molecule has 1 unspecified atom stereocenters. The SMILES string of the molecule is [2H]C1/C=C\C2=CC=CC=C(C2)c2c1n(C)c1c2c(=O)n(C)c(=O)n1C. The van der Waals surface area contributed by atoms with Crippen LogP contribution in [-0.4, -0.2) is 13.7 Å². The van der Waals surface area contributed by atoms with E-state index in [1.54, 1.807) is 7.05 Å². The maximum absolute atomic E-state index is 12.9. The molecule has 5 heteroatoms. The highest BCUT2D eigenvalue weighted by atomic mass is 16.2. The number of allylic oxidation sites excluding steroid dienone is 8. The van der Waals surface area contributed by atoms with Crippen molar-refractivity contribution < 1.29 is 1.37 Å². The minimum atomic E-state index is -0.614. The minimum Gasteiger partial charge on any atom is -0.333 e. The molecule has 0 N–H and O–H groups in total. The molecule has 2 aromatic heterocycles. The zero-order chi connectivity index (χ0) is 17.9. The van der Waals surface area contributed by atoms with Gasteiger partial charge in [-0.25, -0.2) is 4.79 Å². The summed E-state index contributed by atoms with van der Waals surface area (Å²) in [7, 11) is 4.98. The lowest BCUT2D eigenvalue weighted by Crippen LogP contribution is -2.37. The van der Waals surface area contributed by atoms with Crippen LogP contribution in [0.25, 0.3) is 16.6 Å². The van der Waals surface area contributed by atoms with Crippen LogP contribution < -0.4 is 11.2 Å². The molecule has 4 rings (SSSR count). The molecular formula is C19H19N3O2. The van der Waals surface area contributed by atoms with Crippen LogP contribution in [0.5, 0.6) is 0 Å². The van der Waals surface area contributed by atoms with E-state index in [2.05, 4.69) is 0 Å². The molecule has 2 aromatic rings.